The summed E-state index contributed by atoms with van der Waals surface area (Å²) in [5.41, 5.74) is 0.515. The highest BCUT2D eigenvalue weighted by molar-refractivity contribution is 5.28. The van der Waals surface area contributed by atoms with Crippen LogP contribution in [0.3, 0.4) is 0 Å². The molecule has 0 saturated heterocycles. The first-order valence-corrected chi connectivity index (χ1v) is 7.33. The Balaban J connectivity index is 1.65. The van der Waals surface area contributed by atoms with Crippen molar-refractivity contribution in [3.63, 3.8) is 0 Å². The molecule has 102 valence electrons. The van der Waals surface area contributed by atoms with Crippen LogP contribution in [0.1, 0.15) is 30.9 Å². The van der Waals surface area contributed by atoms with Crippen LogP contribution in [0.5, 0.6) is 0 Å². The smallest absolute Gasteiger partial charge is 0.163 e. The van der Waals surface area contributed by atoms with Crippen LogP contribution in [-0.2, 0) is 0 Å². The molecule has 1 nitrogen and oxygen atoms in total. The Hall–Kier alpha value is -0.960. The van der Waals surface area contributed by atoms with Gasteiger partial charge in [-0.05, 0) is 62.0 Å². The Morgan fingerprint density at radius 3 is 2.47 bits per heavy atom. The number of hydrogen-bond donors (Lipinski definition) is 1. The van der Waals surface area contributed by atoms with Crippen LogP contribution in [0.25, 0.3) is 0 Å². The SMILES string of the molecule is CNC(c1cccc(F)c1F)C1C2C3CCC(C3)C21. The molecule has 3 aliphatic carbocycles. The molecule has 1 aromatic rings. The van der Waals surface area contributed by atoms with Crippen molar-refractivity contribution in [1.29, 1.82) is 0 Å². The van der Waals surface area contributed by atoms with Crippen molar-refractivity contribution < 1.29 is 8.78 Å². The van der Waals surface area contributed by atoms with Crippen molar-refractivity contribution in [3.8, 4) is 0 Å². The van der Waals surface area contributed by atoms with Crippen LogP contribution < -0.4 is 5.32 Å². The second-order valence-electron chi connectivity index (χ2n) is 6.47. The highest BCUT2D eigenvalue weighted by atomic mass is 19.2. The maximum atomic E-state index is 14.0. The molecule has 1 N–H and O–H groups in total. The number of hydrogen-bond acceptors (Lipinski definition) is 1. The predicted molar refractivity (Wildman–Crippen MR) is 69.5 cm³/mol. The lowest BCUT2D eigenvalue weighted by molar-refractivity contribution is 0.372. The fourth-order valence-corrected chi connectivity index (χ4v) is 5.15. The average molecular weight is 263 g/mol. The van der Waals surface area contributed by atoms with E-state index < -0.39 is 11.6 Å². The first-order chi connectivity index (χ1) is 9.22. The zero-order chi connectivity index (χ0) is 13.1. The third kappa shape index (κ3) is 1.54. The summed E-state index contributed by atoms with van der Waals surface area (Å²) in [6, 6.07) is 4.53. The van der Waals surface area contributed by atoms with E-state index in [0.717, 1.165) is 23.7 Å². The normalized spacial score (nSPS) is 40.3. The zero-order valence-electron chi connectivity index (χ0n) is 11.1. The van der Waals surface area contributed by atoms with E-state index in [4.69, 9.17) is 0 Å². The van der Waals surface area contributed by atoms with E-state index in [1.807, 2.05) is 7.05 Å². The van der Waals surface area contributed by atoms with E-state index >= 15 is 0 Å². The molecule has 3 fully saturated rings. The fourth-order valence-electron chi connectivity index (χ4n) is 5.15. The van der Waals surface area contributed by atoms with Crippen molar-refractivity contribution in [2.75, 3.05) is 7.05 Å². The fraction of sp³-hybridized carbons (Fsp3) is 0.625. The first-order valence-electron chi connectivity index (χ1n) is 7.33. The van der Waals surface area contributed by atoms with E-state index in [1.165, 1.54) is 25.3 Å². The summed E-state index contributed by atoms with van der Waals surface area (Å²) in [5, 5.41) is 3.24. The Kier molecular flexibility index (Phi) is 2.50. The molecule has 1 aromatic carbocycles. The lowest BCUT2D eigenvalue weighted by Gasteiger charge is -2.21. The highest BCUT2D eigenvalue weighted by Gasteiger charge is 2.66. The van der Waals surface area contributed by atoms with Crippen LogP contribution in [-0.4, -0.2) is 7.05 Å². The Morgan fingerprint density at radius 1 is 1.16 bits per heavy atom. The molecule has 0 spiro atoms. The molecule has 3 saturated carbocycles. The Bertz CT molecular complexity index is 499. The molecule has 0 heterocycles. The zero-order valence-corrected chi connectivity index (χ0v) is 11.1. The van der Waals surface area contributed by atoms with Gasteiger partial charge < -0.3 is 5.32 Å². The minimum Gasteiger partial charge on any atom is -0.313 e. The molecule has 5 atom stereocenters. The Labute approximate surface area is 112 Å². The summed E-state index contributed by atoms with van der Waals surface area (Å²) in [6.45, 7) is 0. The molecule has 2 bridgehead atoms. The maximum Gasteiger partial charge on any atom is 0.163 e. The van der Waals surface area contributed by atoms with Gasteiger partial charge in [0, 0.05) is 11.6 Å². The maximum absolute atomic E-state index is 14.0. The van der Waals surface area contributed by atoms with Crippen molar-refractivity contribution in [2.24, 2.45) is 29.6 Å². The van der Waals surface area contributed by atoms with Gasteiger partial charge in [0.25, 0.3) is 0 Å². The summed E-state index contributed by atoms with van der Waals surface area (Å²) in [7, 11) is 1.87. The molecule has 3 aliphatic rings. The van der Waals surface area contributed by atoms with E-state index in [1.54, 1.807) is 12.1 Å². The first kappa shape index (κ1) is 11.8. The van der Waals surface area contributed by atoms with Gasteiger partial charge in [-0.15, -0.1) is 0 Å². The monoisotopic (exact) mass is 263 g/mol. The van der Waals surface area contributed by atoms with Gasteiger partial charge >= 0.3 is 0 Å². The molecule has 5 unspecified atom stereocenters. The second kappa shape index (κ2) is 4.02. The quantitative estimate of drug-likeness (QED) is 0.880. The molecule has 19 heavy (non-hydrogen) atoms. The van der Waals surface area contributed by atoms with Crippen LogP contribution in [0, 0.1) is 41.2 Å². The predicted octanol–water partition coefficient (Wildman–Crippen LogP) is 3.52. The molecular formula is C16H19F2N. The lowest BCUT2D eigenvalue weighted by atomic mass is 9.92. The highest BCUT2D eigenvalue weighted by Crippen LogP contribution is 2.72. The molecule has 0 radical (unpaired) electrons. The third-order valence-corrected chi connectivity index (χ3v) is 5.81. The largest absolute Gasteiger partial charge is 0.313 e. The molecule has 0 aliphatic heterocycles. The van der Waals surface area contributed by atoms with Gasteiger partial charge in [-0.2, -0.15) is 0 Å². The summed E-state index contributed by atoms with van der Waals surface area (Å²) in [4.78, 5) is 0. The average Bonchev–Trinajstić information content (AvgIpc) is 2.82. The van der Waals surface area contributed by atoms with Crippen LogP contribution in [0.2, 0.25) is 0 Å². The van der Waals surface area contributed by atoms with Gasteiger partial charge in [0.1, 0.15) is 0 Å². The summed E-state index contributed by atoms with van der Waals surface area (Å²) in [5.74, 6) is 2.36. The van der Waals surface area contributed by atoms with Crippen molar-refractivity contribution in [1.82, 2.24) is 5.32 Å². The van der Waals surface area contributed by atoms with Gasteiger partial charge in [0.05, 0.1) is 0 Å². The standard InChI is InChI=1S/C16H19F2N/c1-19-16(10-3-2-4-11(17)15(10)18)14-12-8-5-6-9(7-8)13(12)14/h2-4,8-9,12-14,16,19H,5-7H2,1H3. The summed E-state index contributed by atoms with van der Waals surface area (Å²) in [6.07, 6.45) is 4.09. The summed E-state index contributed by atoms with van der Waals surface area (Å²) >= 11 is 0. The lowest BCUT2D eigenvalue weighted by Crippen LogP contribution is -2.23. The number of halogens is 2. The van der Waals surface area contributed by atoms with Crippen molar-refractivity contribution >= 4 is 0 Å². The van der Waals surface area contributed by atoms with Crippen LogP contribution in [0.15, 0.2) is 18.2 Å². The topological polar surface area (TPSA) is 12.0 Å². The number of fused-ring (bicyclic) bond motifs is 5. The molecule has 0 aromatic heterocycles. The van der Waals surface area contributed by atoms with E-state index in [9.17, 15) is 8.78 Å². The number of nitrogens with one attached hydrogen (secondary N) is 1. The van der Waals surface area contributed by atoms with Crippen LogP contribution in [0.4, 0.5) is 8.78 Å². The van der Waals surface area contributed by atoms with E-state index in [2.05, 4.69) is 5.32 Å². The van der Waals surface area contributed by atoms with E-state index in [0.29, 0.717) is 11.5 Å². The minimum absolute atomic E-state index is 0.0194. The molecule has 4 rings (SSSR count). The van der Waals surface area contributed by atoms with Crippen molar-refractivity contribution in [2.45, 2.75) is 25.3 Å². The van der Waals surface area contributed by atoms with Gasteiger partial charge in [-0.25, -0.2) is 8.78 Å². The van der Waals surface area contributed by atoms with Crippen LogP contribution >= 0.6 is 0 Å². The van der Waals surface area contributed by atoms with Gasteiger partial charge in [0.2, 0.25) is 0 Å². The van der Waals surface area contributed by atoms with E-state index in [-0.39, 0.29) is 6.04 Å². The second-order valence-corrected chi connectivity index (χ2v) is 6.47. The Morgan fingerprint density at radius 2 is 1.84 bits per heavy atom. The third-order valence-electron chi connectivity index (χ3n) is 5.81. The van der Waals surface area contributed by atoms with Crippen molar-refractivity contribution in [3.05, 3.63) is 35.4 Å². The molecule has 0 amide bonds. The molecule has 3 heteroatoms. The van der Waals surface area contributed by atoms with Gasteiger partial charge in [-0.3, -0.25) is 0 Å². The van der Waals surface area contributed by atoms with Gasteiger partial charge in [0.15, 0.2) is 11.6 Å². The van der Waals surface area contributed by atoms with Gasteiger partial charge in [-0.1, -0.05) is 12.1 Å². The number of benzene rings is 1. The minimum atomic E-state index is -0.730. The number of rotatable bonds is 3. The molecular weight excluding hydrogens is 244 g/mol. The summed E-state index contributed by atoms with van der Waals surface area (Å²) < 4.78 is 27.4.